The van der Waals surface area contributed by atoms with Crippen LogP contribution < -0.4 is 5.32 Å². The first-order valence-corrected chi connectivity index (χ1v) is 11.9. The predicted molar refractivity (Wildman–Crippen MR) is 142 cm³/mol. The molecule has 0 spiro atoms. The first kappa shape index (κ1) is 25.5. The molecule has 1 N–H and O–H groups in total. The Balaban J connectivity index is 0.00000306. The summed E-state index contributed by atoms with van der Waals surface area (Å²) in [6.07, 6.45) is 7.28. The molecule has 0 unspecified atom stereocenters. The number of carbonyl (C=O) groups excluding carboxylic acids is 1. The van der Waals surface area contributed by atoms with Gasteiger partial charge < -0.3 is 15.1 Å². The summed E-state index contributed by atoms with van der Waals surface area (Å²) in [5.74, 6) is 1.23. The third-order valence-electron chi connectivity index (χ3n) is 6.17. The molecule has 1 aromatic carbocycles. The molecule has 2 fully saturated rings. The number of nitrogens with one attached hydrogen (secondary N) is 1. The second kappa shape index (κ2) is 12.9. The smallest absolute Gasteiger partial charge is 0.236 e. The minimum atomic E-state index is 0. The van der Waals surface area contributed by atoms with Crippen LogP contribution in [-0.2, 0) is 11.3 Å². The van der Waals surface area contributed by atoms with Gasteiger partial charge in [-0.15, -0.1) is 24.0 Å². The van der Waals surface area contributed by atoms with Crippen molar-refractivity contribution in [2.24, 2.45) is 4.99 Å². The number of likely N-dealkylation sites (tertiary alicyclic amines) is 1. The lowest BCUT2D eigenvalue weighted by molar-refractivity contribution is -0.133. The fourth-order valence-electron chi connectivity index (χ4n) is 4.36. The van der Waals surface area contributed by atoms with Gasteiger partial charge in [0.25, 0.3) is 0 Å². The van der Waals surface area contributed by atoms with E-state index in [1.54, 1.807) is 6.20 Å². The summed E-state index contributed by atoms with van der Waals surface area (Å²) >= 11 is 0. The zero-order valence-electron chi connectivity index (χ0n) is 19.5. The Morgan fingerprint density at radius 1 is 1.03 bits per heavy atom. The SMILES string of the molecule is CCNC(=NCc1cccc(-n2cccn2)c1)N1CCN(CC(=O)N2CCCCC2)CC1.I. The van der Waals surface area contributed by atoms with Gasteiger partial charge in [-0.2, -0.15) is 5.10 Å². The molecule has 0 radical (unpaired) electrons. The maximum Gasteiger partial charge on any atom is 0.236 e. The van der Waals surface area contributed by atoms with Crippen LogP contribution in [0.2, 0.25) is 0 Å². The lowest BCUT2D eigenvalue weighted by Crippen LogP contribution is -2.54. The van der Waals surface area contributed by atoms with Gasteiger partial charge in [0.2, 0.25) is 5.91 Å². The van der Waals surface area contributed by atoms with Crippen LogP contribution in [-0.4, -0.2) is 88.7 Å². The molecule has 2 aliphatic rings. The molecule has 2 aliphatic heterocycles. The third-order valence-corrected chi connectivity index (χ3v) is 6.17. The Kier molecular flexibility index (Phi) is 9.98. The minimum absolute atomic E-state index is 0. The van der Waals surface area contributed by atoms with Crippen LogP contribution in [0.1, 0.15) is 31.7 Å². The Morgan fingerprint density at radius 2 is 1.82 bits per heavy atom. The number of guanidine groups is 1. The van der Waals surface area contributed by atoms with E-state index in [0.29, 0.717) is 13.1 Å². The van der Waals surface area contributed by atoms with Crippen molar-refractivity contribution >= 4 is 35.8 Å². The molecule has 0 saturated carbocycles. The summed E-state index contributed by atoms with van der Waals surface area (Å²) in [6.45, 7) is 9.49. The number of piperazine rings is 1. The Morgan fingerprint density at radius 3 is 2.52 bits per heavy atom. The fourth-order valence-corrected chi connectivity index (χ4v) is 4.36. The monoisotopic (exact) mass is 565 g/mol. The van der Waals surface area contributed by atoms with Crippen molar-refractivity contribution in [1.82, 2.24) is 29.8 Å². The van der Waals surface area contributed by atoms with Crippen LogP contribution in [0.15, 0.2) is 47.7 Å². The molecule has 0 bridgehead atoms. The van der Waals surface area contributed by atoms with E-state index in [4.69, 9.17) is 4.99 Å². The van der Waals surface area contributed by atoms with Gasteiger partial charge in [0, 0.05) is 58.2 Å². The van der Waals surface area contributed by atoms with Gasteiger partial charge in [-0.25, -0.2) is 9.67 Å². The number of nitrogens with zero attached hydrogens (tertiary/aromatic N) is 6. The molecule has 33 heavy (non-hydrogen) atoms. The van der Waals surface area contributed by atoms with Gasteiger partial charge in [-0.05, 0) is 49.9 Å². The molecule has 0 aliphatic carbocycles. The van der Waals surface area contributed by atoms with E-state index in [0.717, 1.165) is 75.9 Å². The number of benzene rings is 1. The number of aliphatic imine (C=N–C) groups is 1. The number of halogens is 1. The second-order valence-electron chi connectivity index (χ2n) is 8.50. The number of hydrogen-bond donors (Lipinski definition) is 1. The minimum Gasteiger partial charge on any atom is -0.357 e. The molecule has 2 saturated heterocycles. The number of piperidine rings is 1. The topological polar surface area (TPSA) is 69.0 Å². The van der Waals surface area contributed by atoms with E-state index in [1.165, 1.54) is 6.42 Å². The predicted octanol–water partition coefficient (Wildman–Crippen LogP) is 2.59. The molecule has 3 heterocycles. The first-order valence-electron chi connectivity index (χ1n) is 11.9. The highest BCUT2D eigenvalue weighted by Gasteiger charge is 2.24. The maximum absolute atomic E-state index is 12.6. The van der Waals surface area contributed by atoms with Crippen LogP contribution in [0.3, 0.4) is 0 Å². The standard InChI is InChI=1S/C24H35N7O.HI/c1-2-25-24(26-19-21-8-6-9-22(18-21)31-13-7-10-27-31)30-16-14-28(15-17-30)20-23(32)29-11-4-3-5-12-29;/h6-10,13,18H,2-5,11-12,14-17,19-20H2,1H3,(H,25,26);1H. The molecule has 4 rings (SSSR count). The average Bonchev–Trinajstić information content (AvgIpc) is 3.38. The van der Waals surface area contributed by atoms with E-state index < -0.39 is 0 Å². The van der Waals surface area contributed by atoms with Gasteiger partial charge in [-0.1, -0.05) is 12.1 Å². The summed E-state index contributed by atoms with van der Waals surface area (Å²) in [7, 11) is 0. The van der Waals surface area contributed by atoms with Crippen molar-refractivity contribution in [3.05, 3.63) is 48.3 Å². The van der Waals surface area contributed by atoms with E-state index in [9.17, 15) is 4.79 Å². The van der Waals surface area contributed by atoms with Crippen LogP contribution in [0.5, 0.6) is 0 Å². The number of aromatic nitrogens is 2. The van der Waals surface area contributed by atoms with E-state index in [1.807, 2.05) is 27.9 Å². The van der Waals surface area contributed by atoms with Crippen molar-refractivity contribution < 1.29 is 4.79 Å². The fraction of sp³-hybridized carbons (Fsp3) is 0.542. The van der Waals surface area contributed by atoms with Gasteiger partial charge in [0.1, 0.15) is 0 Å². The maximum atomic E-state index is 12.6. The quantitative estimate of drug-likeness (QED) is 0.332. The second-order valence-corrected chi connectivity index (χ2v) is 8.50. The highest BCUT2D eigenvalue weighted by Crippen LogP contribution is 2.12. The van der Waals surface area contributed by atoms with Gasteiger partial charge >= 0.3 is 0 Å². The largest absolute Gasteiger partial charge is 0.357 e. The molecular formula is C24H36IN7O. The third kappa shape index (κ3) is 7.17. The highest BCUT2D eigenvalue weighted by molar-refractivity contribution is 14.0. The Hall–Kier alpha value is -2.14. The lowest BCUT2D eigenvalue weighted by atomic mass is 10.1. The van der Waals surface area contributed by atoms with Crippen molar-refractivity contribution in [1.29, 1.82) is 0 Å². The first-order chi connectivity index (χ1) is 15.7. The number of hydrogen-bond acceptors (Lipinski definition) is 4. The van der Waals surface area contributed by atoms with Crippen LogP contribution >= 0.6 is 24.0 Å². The highest BCUT2D eigenvalue weighted by atomic mass is 127. The van der Waals surface area contributed by atoms with E-state index >= 15 is 0 Å². The Labute approximate surface area is 214 Å². The summed E-state index contributed by atoms with van der Waals surface area (Å²) < 4.78 is 1.86. The Bertz CT molecular complexity index is 888. The van der Waals surface area contributed by atoms with Crippen molar-refractivity contribution in [2.45, 2.75) is 32.7 Å². The van der Waals surface area contributed by atoms with Crippen molar-refractivity contribution in [3.63, 3.8) is 0 Å². The van der Waals surface area contributed by atoms with Crippen molar-refractivity contribution in [2.75, 3.05) is 52.4 Å². The summed E-state index contributed by atoms with van der Waals surface area (Å²) in [4.78, 5) is 24.1. The lowest BCUT2D eigenvalue weighted by Gasteiger charge is -2.37. The molecule has 1 aromatic heterocycles. The molecule has 2 aromatic rings. The molecular weight excluding hydrogens is 529 g/mol. The molecule has 0 atom stereocenters. The van der Waals surface area contributed by atoms with E-state index in [-0.39, 0.29) is 29.9 Å². The molecule has 180 valence electrons. The van der Waals surface area contributed by atoms with Gasteiger partial charge in [-0.3, -0.25) is 9.69 Å². The van der Waals surface area contributed by atoms with Gasteiger partial charge in [0.15, 0.2) is 5.96 Å². The zero-order valence-corrected chi connectivity index (χ0v) is 21.9. The molecule has 9 heteroatoms. The summed E-state index contributed by atoms with van der Waals surface area (Å²) in [6, 6.07) is 10.3. The zero-order chi connectivity index (χ0) is 22.2. The van der Waals surface area contributed by atoms with Crippen LogP contribution in [0.4, 0.5) is 0 Å². The summed E-state index contributed by atoms with van der Waals surface area (Å²) in [5.41, 5.74) is 2.19. The van der Waals surface area contributed by atoms with Crippen molar-refractivity contribution in [3.8, 4) is 5.69 Å². The molecule has 1 amide bonds. The van der Waals surface area contributed by atoms with Crippen LogP contribution in [0.25, 0.3) is 5.69 Å². The van der Waals surface area contributed by atoms with Crippen LogP contribution in [0, 0.1) is 0 Å². The van der Waals surface area contributed by atoms with Gasteiger partial charge in [0.05, 0.1) is 18.8 Å². The average molecular weight is 566 g/mol. The number of amides is 1. The van der Waals surface area contributed by atoms with E-state index in [2.05, 4.69) is 45.3 Å². The summed E-state index contributed by atoms with van der Waals surface area (Å²) in [5, 5.41) is 7.75. The number of carbonyl (C=O) groups is 1. The normalized spacial score (nSPS) is 17.5. The number of rotatable bonds is 6. The molecule has 8 nitrogen and oxygen atoms in total.